The zero-order chi connectivity index (χ0) is 13.1. The van der Waals surface area contributed by atoms with Gasteiger partial charge in [0.1, 0.15) is 18.0 Å². The molecule has 0 heterocycles. The Morgan fingerprint density at radius 3 is 2.83 bits per heavy atom. The van der Waals surface area contributed by atoms with E-state index < -0.39 is 0 Å². The fourth-order valence-corrected chi connectivity index (χ4v) is 2.97. The molecule has 4 heteroatoms. The lowest BCUT2D eigenvalue weighted by Crippen LogP contribution is -2.52. The predicted molar refractivity (Wildman–Crippen MR) is 77.6 cm³/mol. The second-order valence-corrected chi connectivity index (χ2v) is 6.09. The van der Waals surface area contributed by atoms with Crippen molar-refractivity contribution in [3.8, 4) is 5.75 Å². The van der Waals surface area contributed by atoms with Gasteiger partial charge >= 0.3 is 0 Å². The lowest BCUT2D eigenvalue weighted by atomic mass is 9.91. The van der Waals surface area contributed by atoms with Crippen LogP contribution < -0.4 is 4.74 Å². The quantitative estimate of drug-likeness (QED) is 0.748. The number of ether oxygens (including phenoxy) is 2. The van der Waals surface area contributed by atoms with Crippen molar-refractivity contribution < 1.29 is 9.47 Å². The average Bonchev–Trinajstić information content (AvgIpc) is 2.32. The van der Waals surface area contributed by atoms with E-state index in [0.717, 1.165) is 29.7 Å². The lowest BCUT2D eigenvalue weighted by molar-refractivity contribution is -0.0800. The zero-order valence-corrected chi connectivity index (χ0v) is 13.0. The van der Waals surface area contributed by atoms with E-state index in [9.17, 15) is 0 Å². The van der Waals surface area contributed by atoms with Crippen molar-refractivity contribution in [3.63, 3.8) is 0 Å². The third-order valence-corrected chi connectivity index (χ3v) is 4.11. The summed E-state index contributed by atoms with van der Waals surface area (Å²) in [6.07, 6.45) is 1.93. The van der Waals surface area contributed by atoms with Crippen LogP contribution in [0.2, 0.25) is 0 Å². The van der Waals surface area contributed by atoms with Crippen LogP contribution in [0.1, 0.15) is 25.3 Å². The topological polar surface area (TPSA) is 18.5 Å². The van der Waals surface area contributed by atoms with E-state index in [4.69, 9.17) is 21.1 Å². The third kappa shape index (κ3) is 3.19. The third-order valence-electron chi connectivity index (χ3n) is 3.06. The Kier molecular flexibility index (Phi) is 4.93. The van der Waals surface area contributed by atoms with Gasteiger partial charge in [-0.2, -0.15) is 0 Å². The summed E-state index contributed by atoms with van der Waals surface area (Å²) in [7, 11) is 0. The molecule has 100 valence electrons. The fourth-order valence-electron chi connectivity index (χ4n) is 1.97. The molecule has 0 bridgehead atoms. The summed E-state index contributed by atoms with van der Waals surface area (Å²) in [6.45, 7) is 4.89. The summed E-state index contributed by atoms with van der Waals surface area (Å²) in [5, 5.41) is 0.0748. The highest BCUT2D eigenvalue weighted by Gasteiger charge is 2.42. The van der Waals surface area contributed by atoms with E-state index >= 15 is 0 Å². The lowest BCUT2D eigenvalue weighted by Gasteiger charge is -2.40. The number of alkyl halides is 1. The summed E-state index contributed by atoms with van der Waals surface area (Å²) < 4.78 is 12.7. The highest BCUT2D eigenvalue weighted by molar-refractivity contribution is 9.10. The molecule has 0 radical (unpaired) electrons. The Labute approximate surface area is 122 Å². The summed E-state index contributed by atoms with van der Waals surface area (Å²) in [5.41, 5.74) is 1.21. The Balaban J connectivity index is 1.96. The van der Waals surface area contributed by atoms with Crippen molar-refractivity contribution in [2.24, 2.45) is 0 Å². The van der Waals surface area contributed by atoms with Crippen LogP contribution in [-0.2, 0) is 4.74 Å². The first-order chi connectivity index (χ1) is 8.61. The monoisotopic (exact) mass is 332 g/mol. The van der Waals surface area contributed by atoms with Gasteiger partial charge in [0.25, 0.3) is 0 Å². The van der Waals surface area contributed by atoms with Gasteiger partial charge < -0.3 is 9.47 Å². The van der Waals surface area contributed by atoms with E-state index in [1.807, 2.05) is 18.2 Å². The van der Waals surface area contributed by atoms with Gasteiger partial charge in [0.05, 0.1) is 9.85 Å². The van der Waals surface area contributed by atoms with Gasteiger partial charge in [0, 0.05) is 13.0 Å². The van der Waals surface area contributed by atoms with E-state index in [0.29, 0.717) is 0 Å². The number of aryl methyl sites for hydroxylation is 1. The van der Waals surface area contributed by atoms with Crippen molar-refractivity contribution in [1.82, 2.24) is 0 Å². The van der Waals surface area contributed by atoms with Crippen molar-refractivity contribution in [1.29, 1.82) is 0 Å². The fraction of sp³-hybridized carbons (Fsp3) is 0.571. The van der Waals surface area contributed by atoms with Crippen LogP contribution in [0.3, 0.4) is 0 Å². The van der Waals surface area contributed by atoms with Crippen LogP contribution >= 0.6 is 27.5 Å². The molecule has 0 amide bonds. The van der Waals surface area contributed by atoms with Crippen LogP contribution in [0, 0.1) is 6.92 Å². The molecule has 0 aliphatic heterocycles. The smallest absolute Gasteiger partial charge is 0.134 e. The number of halogens is 2. The molecule has 1 aromatic carbocycles. The number of hydrogen-bond donors (Lipinski definition) is 0. The first-order valence-corrected chi connectivity index (χ1v) is 7.53. The van der Waals surface area contributed by atoms with Gasteiger partial charge in [-0.1, -0.05) is 13.0 Å². The number of rotatable bonds is 5. The molecule has 0 aromatic heterocycles. The molecule has 0 saturated heterocycles. The van der Waals surface area contributed by atoms with Crippen LogP contribution in [0.5, 0.6) is 5.75 Å². The molecule has 3 atom stereocenters. The van der Waals surface area contributed by atoms with Gasteiger partial charge in [0.15, 0.2) is 0 Å². The molecule has 1 aliphatic rings. The summed E-state index contributed by atoms with van der Waals surface area (Å²) in [6, 6.07) is 6.07. The number of hydrogen-bond acceptors (Lipinski definition) is 2. The maximum Gasteiger partial charge on any atom is 0.134 e. The van der Waals surface area contributed by atoms with Crippen LogP contribution in [-0.4, -0.2) is 24.2 Å². The highest BCUT2D eigenvalue weighted by Crippen LogP contribution is 2.35. The molecule has 1 saturated carbocycles. The molecule has 1 aromatic rings. The molecule has 0 N–H and O–H groups in total. The van der Waals surface area contributed by atoms with Crippen molar-refractivity contribution in [2.75, 3.05) is 6.61 Å². The SMILES string of the molecule is CCCOC1C(Cl)CC1Oc1ccc(C)cc1Br. The first kappa shape index (κ1) is 14.2. The largest absolute Gasteiger partial charge is 0.486 e. The van der Waals surface area contributed by atoms with E-state index in [-0.39, 0.29) is 17.6 Å². The molecule has 3 unspecified atom stereocenters. The Morgan fingerprint density at radius 2 is 2.22 bits per heavy atom. The maximum absolute atomic E-state index is 6.16. The van der Waals surface area contributed by atoms with Crippen molar-refractivity contribution in [3.05, 3.63) is 28.2 Å². The van der Waals surface area contributed by atoms with Gasteiger partial charge in [-0.3, -0.25) is 0 Å². The Hall–Kier alpha value is -0.250. The van der Waals surface area contributed by atoms with Crippen LogP contribution in [0.4, 0.5) is 0 Å². The summed E-state index contributed by atoms with van der Waals surface area (Å²) in [4.78, 5) is 0. The van der Waals surface area contributed by atoms with Crippen molar-refractivity contribution >= 4 is 27.5 Å². The summed E-state index contributed by atoms with van der Waals surface area (Å²) in [5.74, 6) is 0.860. The number of benzene rings is 1. The molecule has 18 heavy (non-hydrogen) atoms. The molecule has 1 fully saturated rings. The minimum absolute atomic E-state index is 0.0137. The molecule has 2 nitrogen and oxygen atoms in total. The van der Waals surface area contributed by atoms with Gasteiger partial charge in [-0.15, -0.1) is 11.6 Å². The Bertz CT molecular complexity index is 411. The second kappa shape index (κ2) is 6.27. The average molecular weight is 334 g/mol. The van der Waals surface area contributed by atoms with Gasteiger partial charge in [-0.25, -0.2) is 0 Å². The van der Waals surface area contributed by atoms with Crippen molar-refractivity contribution in [2.45, 2.75) is 44.3 Å². The molecular formula is C14H18BrClO2. The first-order valence-electron chi connectivity index (χ1n) is 6.30. The molecule has 0 spiro atoms. The standard InChI is InChI=1S/C14H18BrClO2/c1-3-6-17-14-11(16)8-13(14)18-12-5-4-9(2)7-10(12)15/h4-5,7,11,13-14H,3,6,8H2,1-2H3. The van der Waals surface area contributed by atoms with E-state index in [2.05, 4.69) is 29.8 Å². The predicted octanol–water partition coefficient (Wildman–Crippen LogP) is 4.31. The minimum atomic E-state index is 0.0137. The van der Waals surface area contributed by atoms with Crippen LogP contribution in [0.15, 0.2) is 22.7 Å². The molecule has 1 aliphatic carbocycles. The molecule has 2 rings (SSSR count). The normalized spacial score (nSPS) is 26.8. The van der Waals surface area contributed by atoms with Gasteiger partial charge in [0.2, 0.25) is 0 Å². The van der Waals surface area contributed by atoms with Crippen LogP contribution in [0.25, 0.3) is 0 Å². The zero-order valence-electron chi connectivity index (χ0n) is 10.7. The van der Waals surface area contributed by atoms with E-state index in [1.165, 1.54) is 5.56 Å². The maximum atomic E-state index is 6.16. The van der Waals surface area contributed by atoms with Gasteiger partial charge in [-0.05, 0) is 47.0 Å². The molecular weight excluding hydrogens is 316 g/mol. The highest BCUT2D eigenvalue weighted by atomic mass is 79.9. The summed E-state index contributed by atoms with van der Waals surface area (Å²) >= 11 is 9.68. The van der Waals surface area contributed by atoms with E-state index in [1.54, 1.807) is 0 Å². The minimum Gasteiger partial charge on any atom is -0.486 e. The Morgan fingerprint density at radius 1 is 1.44 bits per heavy atom. The second-order valence-electron chi connectivity index (χ2n) is 4.68.